The molecule has 0 atom stereocenters. The smallest absolute Gasteiger partial charge is 0.256 e. The lowest BCUT2D eigenvalue weighted by Gasteiger charge is -2.32. The third-order valence-corrected chi connectivity index (χ3v) is 6.55. The molecule has 0 N–H and O–H groups in total. The normalized spacial score (nSPS) is 19.7. The maximum atomic E-state index is 13.1. The molecule has 4 rings (SSSR count). The molecule has 0 radical (unpaired) electrons. The number of benzene rings is 1. The molecule has 2 fully saturated rings. The standard InChI is InChI=1S/C23H33N3O/c1-24-14-16-25(17-15-24)23(27)21-18-26(22-12-6-5-11-20(21)22)13-7-10-19-8-3-2-4-9-19/h5-6,11-12,18-19H,2-4,7-10,13-17H2,1H3. The molecule has 27 heavy (non-hydrogen) atoms. The fourth-order valence-corrected chi connectivity index (χ4v) is 4.81. The SMILES string of the molecule is CN1CCN(C(=O)c2cn(CCCC3CCCCC3)c3ccccc23)CC1. The summed E-state index contributed by atoms with van der Waals surface area (Å²) in [5.41, 5.74) is 2.09. The largest absolute Gasteiger partial charge is 0.347 e. The molecule has 1 saturated carbocycles. The highest BCUT2D eigenvalue weighted by Gasteiger charge is 2.23. The molecule has 4 heteroatoms. The van der Waals surface area contributed by atoms with E-state index >= 15 is 0 Å². The van der Waals surface area contributed by atoms with Gasteiger partial charge in [0.2, 0.25) is 0 Å². The van der Waals surface area contributed by atoms with Gasteiger partial charge in [0, 0.05) is 49.8 Å². The molecule has 1 amide bonds. The summed E-state index contributed by atoms with van der Waals surface area (Å²) in [6.45, 7) is 4.61. The summed E-state index contributed by atoms with van der Waals surface area (Å²) >= 11 is 0. The first-order valence-corrected chi connectivity index (χ1v) is 10.8. The predicted molar refractivity (Wildman–Crippen MR) is 111 cm³/mol. The van der Waals surface area contributed by atoms with Gasteiger partial charge in [0.15, 0.2) is 0 Å². The Kier molecular flexibility index (Phi) is 5.82. The van der Waals surface area contributed by atoms with Crippen LogP contribution < -0.4 is 0 Å². The van der Waals surface area contributed by atoms with Crippen molar-refractivity contribution < 1.29 is 4.79 Å². The fraction of sp³-hybridized carbons (Fsp3) is 0.609. The summed E-state index contributed by atoms with van der Waals surface area (Å²) in [5.74, 6) is 1.12. The van der Waals surface area contributed by atoms with E-state index in [9.17, 15) is 4.79 Å². The van der Waals surface area contributed by atoms with Gasteiger partial charge in [-0.15, -0.1) is 0 Å². The molecular formula is C23H33N3O. The Bertz CT molecular complexity index is 767. The summed E-state index contributed by atoms with van der Waals surface area (Å²) in [4.78, 5) is 17.5. The van der Waals surface area contributed by atoms with E-state index in [0.717, 1.165) is 49.6 Å². The number of hydrogen-bond acceptors (Lipinski definition) is 2. The van der Waals surface area contributed by atoms with Crippen LogP contribution in [0.4, 0.5) is 0 Å². The van der Waals surface area contributed by atoms with Crippen LogP contribution in [0.5, 0.6) is 0 Å². The third-order valence-electron chi connectivity index (χ3n) is 6.55. The van der Waals surface area contributed by atoms with Gasteiger partial charge in [-0.05, 0) is 31.9 Å². The Morgan fingerprint density at radius 3 is 2.56 bits per heavy atom. The van der Waals surface area contributed by atoms with Crippen LogP contribution in [0.1, 0.15) is 55.3 Å². The lowest BCUT2D eigenvalue weighted by atomic mass is 9.86. The van der Waals surface area contributed by atoms with E-state index in [-0.39, 0.29) is 5.91 Å². The van der Waals surface area contributed by atoms with Crippen molar-refractivity contribution in [3.63, 3.8) is 0 Å². The number of carbonyl (C=O) groups is 1. The second-order valence-corrected chi connectivity index (χ2v) is 8.50. The molecular weight excluding hydrogens is 334 g/mol. The van der Waals surface area contributed by atoms with E-state index in [1.165, 1.54) is 50.5 Å². The van der Waals surface area contributed by atoms with Crippen LogP contribution in [-0.4, -0.2) is 53.5 Å². The molecule has 2 aromatic rings. The summed E-state index contributed by atoms with van der Waals surface area (Å²) < 4.78 is 2.32. The molecule has 1 saturated heterocycles. The summed E-state index contributed by atoms with van der Waals surface area (Å²) in [7, 11) is 2.13. The van der Waals surface area contributed by atoms with Crippen molar-refractivity contribution in [2.75, 3.05) is 33.2 Å². The maximum Gasteiger partial charge on any atom is 0.256 e. The van der Waals surface area contributed by atoms with Gasteiger partial charge in [-0.25, -0.2) is 0 Å². The number of para-hydroxylation sites is 1. The number of amides is 1. The Balaban J connectivity index is 1.47. The molecule has 1 aromatic heterocycles. The van der Waals surface area contributed by atoms with Gasteiger partial charge in [-0.2, -0.15) is 0 Å². The number of carbonyl (C=O) groups excluding carboxylic acids is 1. The van der Waals surface area contributed by atoms with Gasteiger partial charge >= 0.3 is 0 Å². The maximum absolute atomic E-state index is 13.1. The quantitative estimate of drug-likeness (QED) is 0.784. The third kappa shape index (κ3) is 4.21. The first-order valence-electron chi connectivity index (χ1n) is 10.8. The average Bonchev–Trinajstić information content (AvgIpc) is 3.08. The lowest BCUT2D eigenvalue weighted by Crippen LogP contribution is -2.47. The van der Waals surface area contributed by atoms with Crippen molar-refractivity contribution in [3.05, 3.63) is 36.0 Å². The molecule has 0 bridgehead atoms. The second-order valence-electron chi connectivity index (χ2n) is 8.50. The van der Waals surface area contributed by atoms with E-state index in [1.54, 1.807) is 0 Å². The van der Waals surface area contributed by atoms with Crippen molar-refractivity contribution in [1.82, 2.24) is 14.4 Å². The van der Waals surface area contributed by atoms with Crippen LogP contribution in [-0.2, 0) is 6.54 Å². The van der Waals surface area contributed by atoms with Crippen LogP contribution in [0.3, 0.4) is 0 Å². The molecule has 2 aliphatic rings. The highest BCUT2D eigenvalue weighted by Crippen LogP contribution is 2.28. The second kappa shape index (κ2) is 8.47. The molecule has 1 aliphatic carbocycles. The first-order chi connectivity index (χ1) is 13.2. The fourth-order valence-electron chi connectivity index (χ4n) is 4.81. The van der Waals surface area contributed by atoms with Crippen LogP contribution in [0, 0.1) is 5.92 Å². The van der Waals surface area contributed by atoms with E-state index < -0.39 is 0 Å². The Morgan fingerprint density at radius 2 is 1.78 bits per heavy atom. The van der Waals surface area contributed by atoms with Gasteiger partial charge in [0.1, 0.15) is 0 Å². The highest BCUT2D eigenvalue weighted by atomic mass is 16.2. The van der Waals surface area contributed by atoms with Crippen molar-refractivity contribution in [2.45, 2.75) is 51.5 Å². The minimum absolute atomic E-state index is 0.199. The number of nitrogens with zero attached hydrogens (tertiary/aromatic N) is 3. The zero-order valence-corrected chi connectivity index (χ0v) is 16.7. The number of hydrogen-bond donors (Lipinski definition) is 0. The average molecular weight is 368 g/mol. The summed E-state index contributed by atoms with van der Waals surface area (Å²) in [5, 5.41) is 1.11. The van der Waals surface area contributed by atoms with Crippen molar-refractivity contribution in [2.24, 2.45) is 5.92 Å². The number of rotatable bonds is 5. The Morgan fingerprint density at radius 1 is 1.04 bits per heavy atom. The number of likely N-dealkylation sites (N-methyl/N-ethyl adjacent to an activating group) is 1. The van der Waals surface area contributed by atoms with Crippen molar-refractivity contribution in [3.8, 4) is 0 Å². The molecule has 4 nitrogen and oxygen atoms in total. The lowest BCUT2D eigenvalue weighted by molar-refractivity contribution is 0.0666. The number of piperazine rings is 1. The van der Waals surface area contributed by atoms with E-state index in [2.05, 4.69) is 47.0 Å². The summed E-state index contributed by atoms with van der Waals surface area (Å²) in [6.07, 6.45) is 11.8. The van der Waals surface area contributed by atoms with E-state index in [0.29, 0.717) is 0 Å². The molecule has 146 valence electrons. The predicted octanol–water partition coefficient (Wildman–Crippen LogP) is 4.39. The van der Waals surface area contributed by atoms with Crippen molar-refractivity contribution in [1.29, 1.82) is 0 Å². The molecule has 1 aliphatic heterocycles. The Hall–Kier alpha value is -1.81. The zero-order chi connectivity index (χ0) is 18.6. The van der Waals surface area contributed by atoms with Crippen LogP contribution >= 0.6 is 0 Å². The summed E-state index contributed by atoms with van der Waals surface area (Å²) in [6, 6.07) is 8.41. The molecule has 2 heterocycles. The highest BCUT2D eigenvalue weighted by molar-refractivity contribution is 6.07. The number of fused-ring (bicyclic) bond motifs is 1. The first kappa shape index (κ1) is 18.5. The number of aromatic nitrogens is 1. The van der Waals surface area contributed by atoms with Gasteiger partial charge in [-0.3, -0.25) is 4.79 Å². The minimum atomic E-state index is 0.199. The Labute approximate surface area is 163 Å². The van der Waals surface area contributed by atoms with Gasteiger partial charge < -0.3 is 14.4 Å². The van der Waals surface area contributed by atoms with E-state index in [1.807, 2.05) is 4.90 Å². The van der Waals surface area contributed by atoms with Crippen LogP contribution in [0.15, 0.2) is 30.5 Å². The number of aryl methyl sites for hydroxylation is 1. The van der Waals surface area contributed by atoms with Crippen molar-refractivity contribution >= 4 is 16.8 Å². The van der Waals surface area contributed by atoms with E-state index in [4.69, 9.17) is 0 Å². The molecule has 0 unspecified atom stereocenters. The van der Waals surface area contributed by atoms with Gasteiger partial charge in [-0.1, -0.05) is 50.3 Å². The molecule has 1 aromatic carbocycles. The molecule has 0 spiro atoms. The van der Waals surface area contributed by atoms with Crippen LogP contribution in [0.2, 0.25) is 0 Å². The van der Waals surface area contributed by atoms with Crippen LogP contribution in [0.25, 0.3) is 10.9 Å². The van der Waals surface area contributed by atoms with Gasteiger partial charge in [0.25, 0.3) is 5.91 Å². The zero-order valence-electron chi connectivity index (χ0n) is 16.7. The monoisotopic (exact) mass is 367 g/mol. The minimum Gasteiger partial charge on any atom is -0.347 e. The topological polar surface area (TPSA) is 28.5 Å². The van der Waals surface area contributed by atoms with Gasteiger partial charge in [0.05, 0.1) is 5.56 Å².